The van der Waals surface area contributed by atoms with Crippen molar-refractivity contribution in [3.8, 4) is 0 Å². The van der Waals surface area contributed by atoms with Crippen LogP contribution in [0.3, 0.4) is 0 Å². The summed E-state index contributed by atoms with van der Waals surface area (Å²) in [5.41, 5.74) is 0.503. The second kappa shape index (κ2) is 6.15. The van der Waals surface area contributed by atoms with E-state index in [1.807, 2.05) is 13.8 Å². The van der Waals surface area contributed by atoms with Crippen LogP contribution in [0.2, 0.25) is 5.02 Å². The summed E-state index contributed by atoms with van der Waals surface area (Å²) in [6.07, 6.45) is -1.04. The van der Waals surface area contributed by atoms with E-state index in [-0.39, 0.29) is 6.61 Å². The maximum absolute atomic E-state index is 12.1. The lowest BCUT2D eigenvalue weighted by molar-refractivity contribution is 0.0929. The summed E-state index contributed by atoms with van der Waals surface area (Å²) < 4.78 is 30.6. The molecule has 0 aromatic carbocycles. The van der Waals surface area contributed by atoms with E-state index in [1.54, 1.807) is 0 Å². The van der Waals surface area contributed by atoms with E-state index < -0.39 is 13.0 Å². The van der Waals surface area contributed by atoms with Crippen molar-refractivity contribution < 1.29 is 13.5 Å². The Hall–Kier alpha value is -0.680. The highest BCUT2D eigenvalue weighted by molar-refractivity contribution is 6.31. The summed E-state index contributed by atoms with van der Waals surface area (Å²) in [6, 6.07) is 0. The van der Waals surface area contributed by atoms with Crippen molar-refractivity contribution in [1.82, 2.24) is 9.78 Å². The van der Waals surface area contributed by atoms with Crippen LogP contribution in [0.5, 0.6) is 0 Å². The summed E-state index contributed by atoms with van der Waals surface area (Å²) in [5.74, 6) is 0.418. The second-order valence-electron chi connectivity index (χ2n) is 3.95. The predicted octanol–water partition coefficient (Wildman–Crippen LogP) is 2.97. The Balaban J connectivity index is 2.50. The van der Waals surface area contributed by atoms with Gasteiger partial charge < -0.3 is 4.74 Å². The molecule has 0 saturated heterocycles. The number of halogens is 3. The Labute approximate surface area is 98.3 Å². The maximum Gasteiger partial charge on any atom is 0.257 e. The molecule has 92 valence electrons. The molecule has 0 radical (unpaired) electrons. The summed E-state index contributed by atoms with van der Waals surface area (Å²) in [7, 11) is 0. The minimum atomic E-state index is -2.43. The fourth-order valence-electron chi connectivity index (χ4n) is 1.16. The SMILES string of the molecule is CC(C)COCc1nn(CC(F)F)cc1Cl. The zero-order chi connectivity index (χ0) is 12.1. The first kappa shape index (κ1) is 13.4. The molecule has 0 spiro atoms. The number of aromatic nitrogens is 2. The van der Waals surface area contributed by atoms with Gasteiger partial charge in [-0.05, 0) is 5.92 Å². The number of nitrogens with zero attached hydrogens (tertiary/aromatic N) is 2. The summed E-state index contributed by atoms with van der Waals surface area (Å²) in [4.78, 5) is 0. The number of ether oxygens (including phenoxy) is 1. The molecule has 1 heterocycles. The molecule has 1 rings (SSSR count). The quantitative estimate of drug-likeness (QED) is 0.778. The van der Waals surface area contributed by atoms with Gasteiger partial charge in [0.25, 0.3) is 6.43 Å². The highest BCUT2D eigenvalue weighted by Crippen LogP contribution is 2.16. The molecule has 6 heteroatoms. The fourth-order valence-corrected chi connectivity index (χ4v) is 1.37. The fraction of sp³-hybridized carbons (Fsp3) is 0.700. The lowest BCUT2D eigenvalue weighted by atomic mass is 10.2. The normalized spacial score (nSPS) is 11.7. The molecule has 0 N–H and O–H groups in total. The van der Waals surface area contributed by atoms with Crippen molar-refractivity contribution in [1.29, 1.82) is 0 Å². The Bertz CT molecular complexity index is 329. The molecule has 0 fully saturated rings. The Morgan fingerprint density at radius 1 is 1.50 bits per heavy atom. The van der Waals surface area contributed by atoms with Gasteiger partial charge in [-0.25, -0.2) is 8.78 Å². The summed E-state index contributed by atoms with van der Waals surface area (Å²) in [6.45, 7) is 4.46. The van der Waals surface area contributed by atoms with E-state index in [0.29, 0.717) is 23.2 Å². The van der Waals surface area contributed by atoms with Gasteiger partial charge in [0.15, 0.2) is 0 Å². The van der Waals surface area contributed by atoms with Crippen LogP contribution < -0.4 is 0 Å². The van der Waals surface area contributed by atoms with Crippen molar-refractivity contribution in [2.75, 3.05) is 6.61 Å². The van der Waals surface area contributed by atoms with Crippen LogP contribution in [0.25, 0.3) is 0 Å². The van der Waals surface area contributed by atoms with Gasteiger partial charge in [0.1, 0.15) is 12.2 Å². The first-order valence-corrected chi connectivity index (χ1v) is 5.44. The highest BCUT2D eigenvalue weighted by atomic mass is 35.5. The number of alkyl halides is 2. The van der Waals surface area contributed by atoms with Crippen LogP contribution in [0, 0.1) is 5.92 Å². The van der Waals surface area contributed by atoms with Crippen LogP contribution in [-0.4, -0.2) is 22.8 Å². The lowest BCUT2D eigenvalue weighted by Gasteiger charge is -2.04. The molecule has 0 unspecified atom stereocenters. The molecule has 0 amide bonds. The van der Waals surface area contributed by atoms with E-state index in [4.69, 9.17) is 16.3 Å². The van der Waals surface area contributed by atoms with Crippen LogP contribution in [0.4, 0.5) is 8.78 Å². The molecule has 0 atom stereocenters. The van der Waals surface area contributed by atoms with Crippen LogP contribution >= 0.6 is 11.6 Å². The van der Waals surface area contributed by atoms with Crippen LogP contribution in [0.15, 0.2) is 6.20 Å². The molecule has 1 aromatic rings. The van der Waals surface area contributed by atoms with E-state index in [9.17, 15) is 8.78 Å². The predicted molar refractivity (Wildman–Crippen MR) is 57.7 cm³/mol. The molecule has 0 aliphatic carbocycles. The number of hydrogen-bond acceptors (Lipinski definition) is 2. The van der Waals surface area contributed by atoms with Crippen molar-refractivity contribution in [2.45, 2.75) is 33.4 Å². The molecule has 0 saturated carbocycles. The van der Waals surface area contributed by atoms with Gasteiger partial charge in [0.2, 0.25) is 0 Å². The summed E-state index contributed by atoms with van der Waals surface area (Å²) in [5, 5.41) is 4.29. The van der Waals surface area contributed by atoms with E-state index in [2.05, 4.69) is 5.10 Å². The van der Waals surface area contributed by atoms with E-state index >= 15 is 0 Å². The van der Waals surface area contributed by atoms with Gasteiger partial charge in [0, 0.05) is 12.8 Å². The summed E-state index contributed by atoms with van der Waals surface area (Å²) >= 11 is 5.84. The average molecular weight is 253 g/mol. The number of hydrogen-bond donors (Lipinski definition) is 0. The molecular formula is C10H15ClF2N2O. The monoisotopic (exact) mass is 252 g/mol. The highest BCUT2D eigenvalue weighted by Gasteiger charge is 2.10. The van der Waals surface area contributed by atoms with Crippen molar-refractivity contribution in [3.05, 3.63) is 16.9 Å². The second-order valence-corrected chi connectivity index (χ2v) is 4.35. The van der Waals surface area contributed by atoms with Gasteiger partial charge in [-0.1, -0.05) is 25.4 Å². The minimum Gasteiger partial charge on any atom is -0.375 e. The average Bonchev–Trinajstić information content (AvgIpc) is 2.45. The Morgan fingerprint density at radius 3 is 2.75 bits per heavy atom. The molecule has 16 heavy (non-hydrogen) atoms. The van der Waals surface area contributed by atoms with Gasteiger partial charge in [-0.2, -0.15) is 5.10 Å². The van der Waals surface area contributed by atoms with Gasteiger partial charge in [0.05, 0.1) is 11.6 Å². The van der Waals surface area contributed by atoms with Crippen molar-refractivity contribution in [2.24, 2.45) is 5.92 Å². The molecule has 1 aromatic heterocycles. The molecule has 0 aliphatic heterocycles. The van der Waals surface area contributed by atoms with E-state index in [0.717, 1.165) is 4.68 Å². The Kier molecular flexibility index (Phi) is 5.15. The van der Waals surface area contributed by atoms with Crippen LogP contribution in [-0.2, 0) is 17.9 Å². The molecule has 0 aliphatic rings. The third-order valence-electron chi connectivity index (χ3n) is 1.80. The van der Waals surface area contributed by atoms with Gasteiger partial charge in [-0.3, -0.25) is 4.68 Å². The zero-order valence-corrected chi connectivity index (χ0v) is 10.0. The minimum absolute atomic E-state index is 0.257. The zero-order valence-electron chi connectivity index (χ0n) is 9.29. The third-order valence-corrected chi connectivity index (χ3v) is 2.12. The maximum atomic E-state index is 12.1. The number of rotatable bonds is 6. The topological polar surface area (TPSA) is 27.1 Å². The Morgan fingerprint density at radius 2 is 2.19 bits per heavy atom. The molecule has 3 nitrogen and oxygen atoms in total. The standard InChI is InChI=1S/C10H15ClF2N2O/c1-7(2)5-16-6-9-8(11)3-15(14-9)4-10(12)13/h3,7,10H,4-6H2,1-2H3. The molecular weight excluding hydrogens is 238 g/mol. The van der Waals surface area contributed by atoms with Crippen molar-refractivity contribution in [3.63, 3.8) is 0 Å². The smallest absolute Gasteiger partial charge is 0.257 e. The van der Waals surface area contributed by atoms with Crippen LogP contribution in [0.1, 0.15) is 19.5 Å². The largest absolute Gasteiger partial charge is 0.375 e. The first-order chi connectivity index (χ1) is 7.49. The van der Waals surface area contributed by atoms with Crippen molar-refractivity contribution >= 4 is 11.6 Å². The lowest BCUT2D eigenvalue weighted by Crippen LogP contribution is -2.08. The first-order valence-electron chi connectivity index (χ1n) is 5.06. The van der Waals surface area contributed by atoms with Gasteiger partial charge >= 0.3 is 0 Å². The molecule has 0 bridgehead atoms. The van der Waals surface area contributed by atoms with Gasteiger partial charge in [-0.15, -0.1) is 0 Å². The third kappa shape index (κ3) is 4.45. The van der Waals surface area contributed by atoms with E-state index in [1.165, 1.54) is 6.20 Å².